The lowest BCUT2D eigenvalue weighted by Crippen LogP contribution is -2.50. The van der Waals surface area contributed by atoms with Crippen molar-refractivity contribution in [2.75, 3.05) is 55.9 Å². The molecule has 4 atom stereocenters. The van der Waals surface area contributed by atoms with Gasteiger partial charge in [0.05, 0.1) is 18.9 Å². The SMILES string of the molecule is COCCN(C[C@H]1C[C@@H]1C)c1cc(CNC(=O)[C@H]2NCCC[C@H]2c2ccccc2)cc(N(C)S(C)(=O)=O)n1. The molecule has 0 bridgehead atoms. The molecule has 2 N–H and O–H groups in total. The molecule has 1 aromatic heterocycles. The Labute approximate surface area is 227 Å². The molecule has 2 aliphatic rings. The lowest BCUT2D eigenvalue weighted by Gasteiger charge is -2.32. The van der Waals surface area contributed by atoms with Crippen LogP contribution < -0.4 is 19.8 Å². The largest absolute Gasteiger partial charge is 0.383 e. The standard InChI is InChI=1S/C28H41N5O4S/c1-20-15-23(20)19-33(13-14-37-3)26-17-21(16-25(31-26)32(2)38(4,35)36)18-30-28(34)27-24(11-8-12-29-27)22-9-6-5-7-10-22/h5-7,9-10,16-17,20,23-24,27,29H,8,11-15,18-19H2,1-4H3,(H,30,34)/t20-,23+,24-,27-/m0/s1. The molecule has 9 nitrogen and oxygen atoms in total. The summed E-state index contributed by atoms with van der Waals surface area (Å²) in [6.07, 6.45) is 4.31. The molecule has 2 fully saturated rings. The van der Waals surface area contributed by atoms with Crippen molar-refractivity contribution in [3.63, 3.8) is 0 Å². The van der Waals surface area contributed by atoms with Crippen LogP contribution in [0.3, 0.4) is 0 Å². The second-order valence-electron chi connectivity index (χ2n) is 10.6. The van der Waals surface area contributed by atoms with Crippen LogP contribution in [0.15, 0.2) is 42.5 Å². The number of pyridine rings is 1. The van der Waals surface area contributed by atoms with E-state index in [9.17, 15) is 13.2 Å². The molecule has 1 aliphatic heterocycles. The molecule has 38 heavy (non-hydrogen) atoms. The number of methoxy groups -OCH3 is 1. The maximum Gasteiger partial charge on any atom is 0.238 e. The number of ether oxygens (including phenoxy) is 1. The number of amides is 1. The minimum Gasteiger partial charge on any atom is -0.383 e. The molecular formula is C28H41N5O4S. The van der Waals surface area contributed by atoms with Crippen LogP contribution >= 0.6 is 0 Å². The van der Waals surface area contributed by atoms with Gasteiger partial charge in [-0.3, -0.25) is 9.10 Å². The van der Waals surface area contributed by atoms with Gasteiger partial charge in [-0.05, 0) is 60.9 Å². The number of nitrogens with zero attached hydrogens (tertiary/aromatic N) is 3. The summed E-state index contributed by atoms with van der Waals surface area (Å²) >= 11 is 0. The number of piperidine rings is 1. The van der Waals surface area contributed by atoms with Crippen LogP contribution in [-0.2, 0) is 26.1 Å². The van der Waals surface area contributed by atoms with E-state index in [1.54, 1.807) is 13.2 Å². The number of aromatic nitrogens is 1. The van der Waals surface area contributed by atoms with Gasteiger partial charge in [0.25, 0.3) is 0 Å². The maximum atomic E-state index is 13.4. The highest BCUT2D eigenvalue weighted by atomic mass is 32.2. The zero-order valence-corrected chi connectivity index (χ0v) is 23.7. The molecule has 1 aliphatic carbocycles. The van der Waals surface area contributed by atoms with Gasteiger partial charge in [-0.25, -0.2) is 13.4 Å². The van der Waals surface area contributed by atoms with Gasteiger partial charge in [-0.15, -0.1) is 0 Å². The number of sulfonamides is 1. The summed E-state index contributed by atoms with van der Waals surface area (Å²) in [5.41, 5.74) is 1.96. The maximum absolute atomic E-state index is 13.4. The number of anilines is 2. The summed E-state index contributed by atoms with van der Waals surface area (Å²) < 4.78 is 31.2. The van der Waals surface area contributed by atoms with Gasteiger partial charge in [-0.2, -0.15) is 0 Å². The van der Waals surface area contributed by atoms with Crippen molar-refractivity contribution in [2.24, 2.45) is 11.8 Å². The van der Waals surface area contributed by atoms with Gasteiger partial charge in [0.2, 0.25) is 15.9 Å². The molecule has 1 saturated heterocycles. The second kappa shape index (κ2) is 12.4. The fourth-order valence-corrected chi connectivity index (χ4v) is 5.54. The summed E-state index contributed by atoms with van der Waals surface area (Å²) in [6.45, 7) is 5.34. The molecular weight excluding hydrogens is 502 g/mol. The molecule has 1 amide bonds. The van der Waals surface area contributed by atoms with Crippen molar-refractivity contribution in [3.05, 3.63) is 53.6 Å². The zero-order valence-electron chi connectivity index (χ0n) is 22.9. The predicted octanol–water partition coefficient (Wildman–Crippen LogP) is 2.74. The van der Waals surface area contributed by atoms with E-state index in [1.165, 1.54) is 17.8 Å². The number of nitrogens with one attached hydrogen (secondary N) is 2. The average molecular weight is 544 g/mol. The highest BCUT2D eigenvalue weighted by molar-refractivity contribution is 7.92. The molecule has 208 valence electrons. The lowest BCUT2D eigenvalue weighted by molar-refractivity contribution is -0.124. The lowest BCUT2D eigenvalue weighted by atomic mass is 9.84. The topological polar surface area (TPSA) is 104 Å². The highest BCUT2D eigenvalue weighted by Crippen LogP contribution is 2.39. The fourth-order valence-electron chi connectivity index (χ4n) is 5.11. The normalized spacial score (nSPS) is 23.1. The highest BCUT2D eigenvalue weighted by Gasteiger charge is 2.35. The van der Waals surface area contributed by atoms with Crippen molar-refractivity contribution in [2.45, 2.75) is 44.7 Å². The number of hydrogen-bond donors (Lipinski definition) is 2. The molecule has 0 unspecified atom stereocenters. The molecule has 4 rings (SSSR count). The summed E-state index contributed by atoms with van der Waals surface area (Å²) in [5.74, 6) is 2.32. The Morgan fingerprint density at radius 3 is 2.58 bits per heavy atom. The zero-order chi connectivity index (χ0) is 27.3. The molecule has 2 heterocycles. The van der Waals surface area contributed by atoms with Crippen LogP contribution in [0.1, 0.15) is 43.2 Å². The summed E-state index contributed by atoms with van der Waals surface area (Å²) in [6, 6.07) is 13.5. The van der Waals surface area contributed by atoms with Gasteiger partial charge in [0.1, 0.15) is 11.6 Å². The van der Waals surface area contributed by atoms with Crippen LogP contribution in [0.5, 0.6) is 0 Å². The van der Waals surface area contributed by atoms with E-state index in [4.69, 9.17) is 9.72 Å². The summed E-state index contributed by atoms with van der Waals surface area (Å²) in [7, 11) is -0.336. The van der Waals surface area contributed by atoms with Crippen molar-refractivity contribution in [3.8, 4) is 0 Å². The summed E-state index contributed by atoms with van der Waals surface area (Å²) in [4.78, 5) is 20.2. The Kier molecular flexibility index (Phi) is 9.27. The molecule has 1 saturated carbocycles. The smallest absolute Gasteiger partial charge is 0.238 e. The van der Waals surface area contributed by atoms with E-state index in [1.807, 2.05) is 24.3 Å². The number of hydrogen-bond acceptors (Lipinski definition) is 7. The third-order valence-electron chi connectivity index (χ3n) is 7.73. The van der Waals surface area contributed by atoms with Gasteiger partial charge < -0.3 is 20.3 Å². The van der Waals surface area contributed by atoms with Gasteiger partial charge in [-0.1, -0.05) is 37.3 Å². The fraction of sp³-hybridized carbons (Fsp3) is 0.571. The number of rotatable bonds is 12. The van der Waals surface area contributed by atoms with Gasteiger partial charge in [0.15, 0.2) is 0 Å². The first-order valence-corrected chi connectivity index (χ1v) is 15.3. The van der Waals surface area contributed by atoms with E-state index in [-0.39, 0.29) is 24.4 Å². The van der Waals surface area contributed by atoms with Crippen molar-refractivity contribution in [1.82, 2.24) is 15.6 Å². The Morgan fingerprint density at radius 1 is 1.21 bits per heavy atom. The Bertz CT molecular complexity index is 1190. The molecule has 2 aromatic rings. The van der Waals surface area contributed by atoms with E-state index >= 15 is 0 Å². The van der Waals surface area contributed by atoms with Crippen LogP contribution in [0.25, 0.3) is 0 Å². The van der Waals surface area contributed by atoms with E-state index in [2.05, 4.69) is 34.6 Å². The van der Waals surface area contributed by atoms with Crippen LogP contribution in [0.4, 0.5) is 11.6 Å². The quantitative estimate of drug-likeness (QED) is 0.424. The number of carbonyl (C=O) groups is 1. The van der Waals surface area contributed by atoms with E-state index in [0.717, 1.165) is 43.3 Å². The molecule has 1 aromatic carbocycles. The predicted molar refractivity (Wildman–Crippen MR) is 151 cm³/mol. The van der Waals surface area contributed by atoms with E-state index < -0.39 is 10.0 Å². The Morgan fingerprint density at radius 2 is 1.92 bits per heavy atom. The number of carbonyl (C=O) groups excluding carboxylic acids is 1. The van der Waals surface area contributed by atoms with E-state index in [0.29, 0.717) is 36.6 Å². The van der Waals surface area contributed by atoms with Crippen molar-refractivity contribution >= 4 is 27.6 Å². The first-order chi connectivity index (χ1) is 18.2. The van der Waals surface area contributed by atoms with Crippen LogP contribution in [0.2, 0.25) is 0 Å². The minimum absolute atomic E-state index is 0.0574. The minimum atomic E-state index is -3.51. The molecule has 0 radical (unpaired) electrons. The van der Waals surface area contributed by atoms with Crippen molar-refractivity contribution in [1.29, 1.82) is 0 Å². The Balaban J connectivity index is 1.56. The Hall–Kier alpha value is -2.69. The van der Waals surface area contributed by atoms with Crippen molar-refractivity contribution < 1.29 is 17.9 Å². The average Bonchev–Trinajstić information content (AvgIpc) is 3.63. The first kappa shape index (κ1) is 28.3. The van der Waals surface area contributed by atoms with Crippen LogP contribution in [-0.4, -0.2) is 72.0 Å². The van der Waals surface area contributed by atoms with Gasteiger partial charge >= 0.3 is 0 Å². The first-order valence-electron chi connectivity index (χ1n) is 13.4. The van der Waals surface area contributed by atoms with Gasteiger partial charge in [0, 0.05) is 39.7 Å². The third-order valence-corrected chi connectivity index (χ3v) is 8.92. The molecule has 0 spiro atoms. The summed E-state index contributed by atoms with van der Waals surface area (Å²) in [5, 5.41) is 6.51. The molecule has 10 heteroatoms. The van der Waals surface area contributed by atoms with Crippen LogP contribution in [0, 0.1) is 11.8 Å². The third kappa shape index (κ3) is 7.24. The monoisotopic (exact) mass is 543 g/mol. The number of benzene rings is 1. The second-order valence-corrected chi connectivity index (χ2v) is 12.7.